The van der Waals surface area contributed by atoms with Crippen LogP contribution in [0.4, 0.5) is 9.59 Å². The molecule has 0 aliphatic heterocycles. The van der Waals surface area contributed by atoms with Gasteiger partial charge in [-0.3, -0.25) is 19.6 Å². The fraction of sp³-hybridized carbons (Fsp3) is 0.409. The molecular formula is C44H56N6O7. The monoisotopic (exact) mass is 780 g/mol. The van der Waals surface area contributed by atoms with Gasteiger partial charge in [-0.2, -0.15) is 0 Å². The molecule has 0 fully saturated rings. The molecule has 4 amide bonds. The summed E-state index contributed by atoms with van der Waals surface area (Å²) in [4.78, 5) is 63.7. The molecule has 5 N–H and O–H groups in total. The lowest BCUT2D eigenvalue weighted by molar-refractivity contribution is -0.142. The Balaban J connectivity index is 1.78. The molecule has 304 valence electrons. The average Bonchev–Trinajstić information content (AvgIpc) is 3.17. The van der Waals surface area contributed by atoms with E-state index in [9.17, 15) is 29.4 Å². The van der Waals surface area contributed by atoms with E-state index in [4.69, 9.17) is 4.74 Å². The highest BCUT2D eigenvalue weighted by Gasteiger charge is 2.41. The maximum absolute atomic E-state index is 14.7. The van der Waals surface area contributed by atoms with Crippen LogP contribution in [0, 0.1) is 10.8 Å². The standard InChI is InChI=1S/C44H56N6O7/c1-43(2,3)37(49-42(56)57-7)39(52)47-33(25-30-19-21-31(22-20-30)34-18-12-14-24-46-34)27-36(51)35(26-29-15-9-8-10-16-29)50(28-32-17-11-13-23-45-32)40(53)38(44(4,5)6)48-41(54)55/h8-24,33,35-38,48,51H,25-28H2,1-7H3,(H,47,52)(H,49,56)(H,54,55)/t33-,35-,36-,37+,38+/m0/s1. The molecule has 0 spiro atoms. The van der Waals surface area contributed by atoms with Crippen LogP contribution in [-0.4, -0.2) is 86.5 Å². The number of aliphatic hydroxyl groups excluding tert-OH is 1. The van der Waals surface area contributed by atoms with Gasteiger partial charge >= 0.3 is 12.2 Å². The Morgan fingerprint density at radius 1 is 0.719 bits per heavy atom. The van der Waals surface area contributed by atoms with Gasteiger partial charge in [0.15, 0.2) is 0 Å². The first-order chi connectivity index (χ1) is 27.0. The van der Waals surface area contributed by atoms with Crippen LogP contribution < -0.4 is 16.0 Å². The van der Waals surface area contributed by atoms with Crippen LogP contribution in [0.1, 0.15) is 64.8 Å². The summed E-state index contributed by atoms with van der Waals surface area (Å²) < 4.78 is 4.83. The first-order valence-corrected chi connectivity index (χ1v) is 19.0. The van der Waals surface area contributed by atoms with Crippen molar-refractivity contribution in [2.45, 2.75) is 97.6 Å². The van der Waals surface area contributed by atoms with Crippen LogP contribution in [-0.2, 0) is 33.7 Å². The topological polar surface area (TPSA) is 183 Å². The fourth-order valence-electron chi connectivity index (χ4n) is 6.68. The van der Waals surface area contributed by atoms with Gasteiger partial charge in [0, 0.05) is 24.0 Å². The number of hydrogen-bond donors (Lipinski definition) is 5. The van der Waals surface area contributed by atoms with Crippen molar-refractivity contribution >= 4 is 24.0 Å². The van der Waals surface area contributed by atoms with E-state index in [1.807, 2.05) is 93.6 Å². The summed E-state index contributed by atoms with van der Waals surface area (Å²) >= 11 is 0. The van der Waals surface area contributed by atoms with Crippen LogP contribution >= 0.6 is 0 Å². The second-order valence-corrected chi connectivity index (χ2v) is 16.4. The van der Waals surface area contributed by atoms with Crippen molar-refractivity contribution in [3.05, 3.63) is 120 Å². The number of amides is 4. The number of carbonyl (C=O) groups is 4. The molecule has 0 unspecified atom stereocenters. The number of carboxylic acid groups (broad SMARTS) is 1. The first-order valence-electron chi connectivity index (χ1n) is 19.0. The summed E-state index contributed by atoms with van der Waals surface area (Å²) in [6.07, 6.45) is 0.446. The first kappa shape index (κ1) is 43.9. The van der Waals surface area contributed by atoms with Gasteiger partial charge < -0.3 is 35.8 Å². The second kappa shape index (κ2) is 19.9. The molecule has 0 aliphatic carbocycles. The maximum Gasteiger partial charge on any atom is 0.407 e. The van der Waals surface area contributed by atoms with E-state index in [0.29, 0.717) is 5.69 Å². The van der Waals surface area contributed by atoms with E-state index < -0.39 is 65.1 Å². The second-order valence-electron chi connectivity index (χ2n) is 16.4. The van der Waals surface area contributed by atoms with Gasteiger partial charge in [0.05, 0.1) is 37.2 Å². The molecule has 0 bridgehead atoms. The van der Waals surface area contributed by atoms with Crippen LogP contribution in [0.15, 0.2) is 103 Å². The number of methoxy groups -OCH3 is 1. The molecule has 5 atom stereocenters. The van der Waals surface area contributed by atoms with Gasteiger partial charge in [-0.15, -0.1) is 0 Å². The summed E-state index contributed by atoms with van der Waals surface area (Å²) in [6, 6.07) is 24.4. The van der Waals surface area contributed by atoms with E-state index in [1.165, 1.54) is 12.0 Å². The van der Waals surface area contributed by atoms with Crippen LogP contribution in [0.2, 0.25) is 0 Å². The predicted octanol–water partition coefficient (Wildman–Crippen LogP) is 6.02. The van der Waals surface area contributed by atoms with Crippen molar-refractivity contribution in [1.29, 1.82) is 0 Å². The minimum Gasteiger partial charge on any atom is -0.465 e. The number of nitrogens with zero attached hydrogens (tertiary/aromatic N) is 3. The quantitative estimate of drug-likeness (QED) is 0.0909. The third-order valence-corrected chi connectivity index (χ3v) is 9.70. The number of aromatic nitrogens is 2. The Bertz CT molecular complexity index is 1900. The van der Waals surface area contributed by atoms with E-state index in [2.05, 4.69) is 25.9 Å². The van der Waals surface area contributed by atoms with Crippen molar-refractivity contribution in [2.75, 3.05) is 7.11 Å². The Morgan fingerprint density at radius 3 is 1.86 bits per heavy atom. The number of rotatable bonds is 16. The molecule has 57 heavy (non-hydrogen) atoms. The van der Waals surface area contributed by atoms with Crippen LogP contribution in [0.3, 0.4) is 0 Å². The highest BCUT2D eigenvalue weighted by molar-refractivity contribution is 5.87. The molecule has 0 saturated heterocycles. The number of ether oxygens (including phenoxy) is 1. The van der Waals surface area contributed by atoms with E-state index >= 15 is 0 Å². The number of benzene rings is 2. The van der Waals surface area contributed by atoms with E-state index in [1.54, 1.807) is 51.4 Å². The van der Waals surface area contributed by atoms with E-state index in [0.717, 1.165) is 22.4 Å². The van der Waals surface area contributed by atoms with Crippen molar-refractivity contribution in [3.63, 3.8) is 0 Å². The van der Waals surface area contributed by atoms with Gasteiger partial charge in [-0.25, -0.2) is 9.59 Å². The number of hydrogen-bond acceptors (Lipinski definition) is 8. The van der Waals surface area contributed by atoms with Gasteiger partial charge in [0.2, 0.25) is 11.8 Å². The zero-order chi connectivity index (χ0) is 41.8. The average molecular weight is 781 g/mol. The van der Waals surface area contributed by atoms with Crippen molar-refractivity contribution < 1.29 is 34.1 Å². The van der Waals surface area contributed by atoms with Crippen molar-refractivity contribution in [1.82, 2.24) is 30.8 Å². The maximum atomic E-state index is 14.7. The highest BCUT2D eigenvalue weighted by atomic mass is 16.5. The zero-order valence-corrected chi connectivity index (χ0v) is 33.8. The molecule has 2 aromatic carbocycles. The molecule has 4 rings (SSSR count). The lowest BCUT2D eigenvalue weighted by Crippen LogP contribution is -2.60. The molecule has 0 saturated carbocycles. The third kappa shape index (κ3) is 13.1. The Hall–Kier alpha value is -5.82. The largest absolute Gasteiger partial charge is 0.465 e. The number of carbonyl (C=O) groups excluding carboxylic acids is 3. The fourth-order valence-corrected chi connectivity index (χ4v) is 6.68. The summed E-state index contributed by atoms with van der Waals surface area (Å²) in [6.45, 7) is 10.7. The summed E-state index contributed by atoms with van der Waals surface area (Å²) in [5, 5.41) is 30.5. The van der Waals surface area contributed by atoms with Gasteiger partial charge in [0.1, 0.15) is 12.1 Å². The van der Waals surface area contributed by atoms with E-state index in [-0.39, 0.29) is 25.8 Å². The van der Waals surface area contributed by atoms with Gasteiger partial charge in [0.25, 0.3) is 0 Å². The lowest BCUT2D eigenvalue weighted by atomic mass is 9.84. The predicted molar refractivity (Wildman–Crippen MR) is 218 cm³/mol. The normalized spacial score (nSPS) is 14.2. The molecule has 2 heterocycles. The molecule has 4 aromatic rings. The summed E-state index contributed by atoms with van der Waals surface area (Å²) in [5.41, 5.74) is 2.39. The smallest absolute Gasteiger partial charge is 0.407 e. The Labute approximate surface area is 335 Å². The summed E-state index contributed by atoms with van der Waals surface area (Å²) in [5.74, 6) is -1.01. The molecule has 0 radical (unpaired) electrons. The number of aliphatic hydroxyl groups is 1. The molecular weight excluding hydrogens is 725 g/mol. The third-order valence-electron chi connectivity index (χ3n) is 9.70. The Morgan fingerprint density at radius 2 is 1.32 bits per heavy atom. The number of alkyl carbamates (subject to hydrolysis) is 1. The Kier molecular flexibility index (Phi) is 15.3. The minimum atomic E-state index is -1.35. The minimum absolute atomic E-state index is 0.0150. The van der Waals surface area contributed by atoms with Crippen molar-refractivity contribution in [2.24, 2.45) is 10.8 Å². The number of nitrogens with one attached hydrogen (secondary N) is 3. The number of pyridine rings is 2. The molecule has 2 aromatic heterocycles. The SMILES string of the molecule is COC(=O)N[C@H](C(=O)N[C@@H](Cc1ccc(-c2ccccn2)cc1)C[C@H](O)[C@H](Cc1ccccc1)N(Cc1ccccn1)C(=O)[C@@H](NC(=O)O)C(C)(C)C)C(C)(C)C. The van der Waals surface area contributed by atoms with Crippen LogP contribution in [0.25, 0.3) is 11.3 Å². The van der Waals surface area contributed by atoms with Gasteiger partial charge in [-0.05, 0) is 65.5 Å². The van der Waals surface area contributed by atoms with Gasteiger partial charge in [-0.1, -0.05) is 108 Å². The van der Waals surface area contributed by atoms with Crippen molar-refractivity contribution in [3.8, 4) is 11.3 Å². The zero-order valence-electron chi connectivity index (χ0n) is 33.8. The molecule has 0 aliphatic rings. The lowest BCUT2D eigenvalue weighted by Gasteiger charge is -2.41. The highest BCUT2D eigenvalue weighted by Crippen LogP contribution is 2.27. The molecule has 13 nitrogen and oxygen atoms in total. The summed E-state index contributed by atoms with van der Waals surface area (Å²) in [7, 11) is 1.22. The molecule has 13 heteroatoms. The van der Waals surface area contributed by atoms with Crippen LogP contribution in [0.5, 0.6) is 0 Å².